The first kappa shape index (κ1) is 17.9. The van der Waals surface area contributed by atoms with Crippen molar-refractivity contribution in [2.75, 3.05) is 13.6 Å². The molecule has 0 aromatic heterocycles. The zero-order valence-corrected chi connectivity index (χ0v) is 13.8. The maximum absolute atomic E-state index is 10.6. The average Bonchev–Trinajstić information content (AvgIpc) is 2.45. The largest absolute Gasteiger partial charge is 0.356 e. The second-order valence-electron chi connectivity index (χ2n) is 6.25. The van der Waals surface area contributed by atoms with E-state index in [0.717, 1.165) is 37.3 Å². The van der Waals surface area contributed by atoms with Gasteiger partial charge in [-0.2, -0.15) is 0 Å². The summed E-state index contributed by atoms with van der Waals surface area (Å²) >= 11 is 0. The van der Waals surface area contributed by atoms with E-state index in [1.54, 1.807) is 19.2 Å². The third-order valence-corrected chi connectivity index (χ3v) is 3.05. The van der Waals surface area contributed by atoms with Crippen LogP contribution in [0.4, 0.5) is 5.69 Å². The molecule has 0 aliphatic carbocycles. The molecule has 1 aromatic carbocycles. The van der Waals surface area contributed by atoms with Gasteiger partial charge in [0, 0.05) is 31.3 Å². The Morgan fingerprint density at radius 1 is 1.23 bits per heavy atom. The number of non-ortho nitro benzene ring substituents is 1. The summed E-state index contributed by atoms with van der Waals surface area (Å²) in [6.45, 7) is 7.13. The zero-order valence-electron chi connectivity index (χ0n) is 13.8. The molecule has 0 radical (unpaired) electrons. The number of aryl methyl sites for hydroxylation is 1. The molecule has 0 amide bonds. The quantitative estimate of drug-likeness (QED) is 0.278. The molecule has 0 heterocycles. The van der Waals surface area contributed by atoms with Crippen molar-refractivity contribution in [3.8, 4) is 0 Å². The van der Waals surface area contributed by atoms with Crippen LogP contribution in [-0.4, -0.2) is 30.0 Å². The van der Waals surface area contributed by atoms with Crippen molar-refractivity contribution in [2.45, 2.75) is 45.6 Å². The van der Waals surface area contributed by atoms with E-state index in [4.69, 9.17) is 0 Å². The van der Waals surface area contributed by atoms with Gasteiger partial charge in [0.1, 0.15) is 0 Å². The SMILES string of the molecule is CN=C(NCCCCc1ccc([N+](=O)[O-])cc1)NC(C)(C)C. The summed E-state index contributed by atoms with van der Waals surface area (Å²) in [6, 6.07) is 6.77. The van der Waals surface area contributed by atoms with Crippen LogP contribution in [-0.2, 0) is 6.42 Å². The zero-order chi connectivity index (χ0) is 16.6. The molecule has 6 heteroatoms. The van der Waals surface area contributed by atoms with Gasteiger partial charge in [0.05, 0.1) is 4.92 Å². The maximum Gasteiger partial charge on any atom is 0.269 e. The van der Waals surface area contributed by atoms with Crippen molar-refractivity contribution < 1.29 is 4.92 Å². The number of nitrogens with one attached hydrogen (secondary N) is 2. The van der Waals surface area contributed by atoms with E-state index in [1.807, 2.05) is 12.1 Å². The highest BCUT2D eigenvalue weighted by Crippen LogP contribution is 2.13. The molecule has 0 fully saturated rings. The van der Waals surface area contributed by atoms with Crippen LogP contribution < -0.4 is 10.6 Å². The predicted molar refractivity (Wildman–Crippen MR) is 90.3 cm³/mol. The molecule has 0 saturated heterocycles. The third-order valence-electron chi connectivity index (χ3n) is 3.05. The van der Waals surface area contributed by atoms with E-state index in [9.17, 15) is 10.1 Å². The minimum absolute atomic E-state index is 0.0133. The van der Waals surface area contributed by atoms with Gasteiger partial charge in [0.25, 0.3) is 5.69 Å². The first-order valence-electron chi connectivity index (χ1n) is 7.54. The van der Waals surface area contributed by atoms with Gasteiger partial charge >= 0.3 is 0 Å². The van der Waals surface area contributed by atoms with Gasteiger partial charge in [-0.3, -0.25) is 15.1 Å². The molecule has 0 spiro atoms. The van der Waals surface area contributed by atoms with E-state index in [0.29, 0.717) is 0 Å². The fraction of sp³-hybridized carbons (Fsp3) is 0.562. The number of benzene rings is 1. The second kappa shape index (κ2) is 8.36. The summed E-state index contributed by atoms with van der Waals surface area (Å²) in [7, 11) is 1.76. The van der Waals surface area contributed by atoms with Crippen LogP contribution in [0.2, 0.25) is 0 Å². The van der Waals surface area contributed by atoms with Crippen LogP contribution in [0.1, 0.15) is 39.2 Å². The van der Waals surface area contributed by atoms with E-state index < -0.39 is 0 Å². The molecular formula is C16H26N4O2. The fourth-order valence-corrected chi connectivity index (χ4v) is 1.98. The van der Waals surface area contributed by atoms with Crippen LogP contribution in [0, 0.1) is 10.1 Å². The van der Waals surface area contributed by atoms with Gasteiger partial charge in [-0.25, -0.2) is 0 Å². The molecule has 0 aliphatic heterocycles. The van der Waals surface area contributed by atoms with Crippen molar-refractivity contribution in [3.05, 3.63) is 39.9 Å². The summed E-state index contributed by atoms with van der Waals surface area (Å²) in [5.41, 5.74) is 1.26. The topological polar surface area (TPSA) is 79.6 Å². The Hall–Kier alpha value is -2.11. The van der Waals surface area contributed by atoms with E-state index in [-0.39, 0.29) is 16.1 Å². The highest BCUT2D eigenvalue weighted by Gasteiger charge is 2.11. The van der Waals surface area contributed by atoms with Gasteiger partial charge in [-0.05, 0) is 45.6 Å². The first-order chi connectivity index (χ1) is 10.3. The van der Waals surface area contributed by atoms with Crippen molar-refractivity contribution in [1.82, 2.24) is 10.6 Å². The molecular weight excluding hydrogens is 280 g/mol. The van der Waals surface area contributed by atoms with Crippen LogP contribution >= 0.6 is 0 Å². The standard InChI is InChI=1S/C16H26N4O2/c1-16(2,3)19-15(17-4)18-12-6-5-7-13-8-10-14(11-9-13)20(21)22/h8-11H,5-7,12H2,1-4H3,(H2,17,18,19). The van der Waals surface area contributed by atoms with Gasteiger partial charge < -0.3 is 10.6 Å². The van der Waals surface area contributed by atoms with Crippen LogP contribution in [0.3, 0.4) is 0 Å². The molecule has 0 bridgehead atoms. The fourth-order valence-electron chi connectivity index (χ4n) is 1.98. The molecule has 2 N–H and O–H groups in total. The molecule has 0 aliphatic rings. The highest BCUT2D eigenvalue weighted by molar-refractivity contribution is 5.80. The number of hydrogen-bond donors (Lipinski definition) is 2. The molecule has 0 unspecified atom stereocenters. The van der Waals surface area contributed by atoms with Gasteiger partial charge in [-0.15, -0.1) is 0 Å². The lowest BCUT2D eigenvalue weighted by Gasteiger charge is -2.23. The average molecular weight is 306 g/mol. The Morgan fingerprint density at radius 2 is 1.86 bits per heavy atom. The molecule has 22 heavy (non-hydrogen) atoms. The highest BCUT2D eigenvalue weighted by atomic mass is 16.6. The summed E-state index contributed by atoms with van der Waals surface area (Å²) < 4.78 is 0. The van der Waals surface area contributed by atoms with E-state index in [2.05, 4.69) is 36.4 Å². The van der Waals surface area contributed by atoms with Crippen molar-refractivity contribution in [3.63, 3.8) is 0 Å². The van der Waals surface area contributed by atoms with Crippen molar-refractivity contribution >= 4 is 11.6 Å². The van der Waals surface area contributed by atoms with Gasteiger partial charge in [-0.1, -0.05) is 12.1 Å². The number of guanidine groups is 1. The van der Waals surface area contributed by atoms with Crippen LogP contribution in [0.5, 0.6) is 0 Å². The second-order valence-corrected chi connectivity index (χ2v) is 6.25. The Labute approximate surface area is 132 Å². The lowest BCUT2D eigenvalue weighted by Crippen LogP contribution is -2.47. The Morgan fingerprint density at radius 3 is 2.36 bits per heavy atom. The van der Waals surface area contributed by atoms with E-state index in [1.165, 1.54) is 0 Å². The molecule has 1 aromatic rings. The summed E-state index contributed by atoms with van der Waals surface area (Å²) in [5, 5.41) is 17.2. The van der Waals surface area contributed by atoms with Crippen molar-refractivity contribution in [1.29, 1.82) is 0 Å². The first-order valence-corrected chi connectivity index (χ1v) is 7.54. The van der Waals surface area contributed by atoms with Crippen LogP contribution in [0.25, 0.3) is 0 Å². The monoisotopic (exact) mass is 306 g/mol. The number of nitro groups is 1. The molecule has 1 rings (SSSR count). The lowest BCUT2D eigenvalue weighted by molar-refractivity contribution is -0.384. The number of unbranched alkanes of at least 4 members (excludes halogenated alkanes) is 1. The van der Waals surface area contributed by atoms with E-state index >= 15 is 0 Å². The normalized spacial score (nSPS) is 12.1. The molecule has 0 atom stereocenters. The maximum atomic E-state index is 10.6. The van der Waals surface area contributed by atoms with Crippen molar-refractivity contribution in [2.24, 2.45) is 4.99 Å². The number of aliphatic imine (C=N–C) groups is 1. The summed E-state index contributed by atoms with van der Waals surface area (Å²) in [5.74, 6) is 0.808. The third kappa shape index (κ3) is 7.06. The lowest BCUT2D eigenvalue weighted by atomic mass is 10.1. The van der Waals surface area contributed by atoms with Crippen LogP contribution in [0.15, 0.2) is 29.3 Å². The Bertz CT molecular complexity index is 504. The number of hydrogen-bond acceptors (Lipinski definition) is 3. The molecule has 6 nitrogen and oxygen atoms in total. The number of rotatable bonds is 6. The van der Waals surface area contributed by atoms with Gasteiger partial charge in [0.2, 0.25) is 0 Å². The minimum Gasteiger partial charge on any atom is -0.356 e. The summed E-state index contributed by atoms with van der Waals surface area (Å²) in [4.78, 5) is 14.4. The smallest absolute Gasteiger partial charge is 0.269 e. The molecule has 122 valence electrons. The summed E-state index contributed by atoms with van der Waals surface area (Å²) in [6.07, 6.45) is 2.96. The Kier molecular flexibility index (Phi) is 6.82. The van der Waals surface area contributed by atoms with Gasteiger partial charge in [0.15, 0.2) is 5.96 Å². The number of nitrogens with zero attached hydrogens (tertiary/aromatic N) is 2. The minimum atomic E-state index is -0.373. The predicted octanol–water partition coefficient (Wildman–Crippen LogP) is 2.88. The Balaban J connectivity index is 2.26. The number of nitro benzene ring substituents is 1. The molecule has 0 saturated carbocycles.